The molecule has 7 nitrogen and oxygen atoms in total. The van der Waals surface area contributed by atoms with E-state index in [9.17, 15) is 9.18 Å². The average molecular weight is 349 g/mol. The summed E-state index contributed by atoms with van der Waals surface area (Å²) >= 11 is 5.80. The summed E-state index contributed by atoms with van der Waals surface area (Å²) in [6, 6.07) is 10.2. The molecule has 0 spiro atoms. The normalized spacial score (nSPS) is 10.4. The first-order valence-corrected chi connectivity index (χ1v) is 7.11. The lowest BCUT2D eigenvalue weighted by Crippen LogP contribution is -2.17. The van der Waals surface area contributed by atoms with Crippen molar-refractivity contribution in [3.8, 4) is 17.2 Å². The van der Waals surface area contributed by atoms with E-state index in [0.29, 0.717) is 11.4 Å². The van der Waals surface area contributed by atoms with Crippen molar-refractivity contribution in [1.82, 2.24) is 20.2 Å². The summed E-state index contributed by atoms with van der Waals surface area (Å²) in [5.41, 5.74) is 0.717. The van der Waals surface area contributed by atoms with Crippen molar-refractivity contribution in [1.29, 1.82) is 0 Å². The Labute approximate surface area is 140 Å². The molecular weight excluding hydrogens is 339 g/mol. The summed E-state index contributed by atoms with van der Waals surface area (Å²) in [5.74, 6) is -0.571. The van der Waals surface area contributed by atoms with Crippen molar-refractivity contribution >= 4 is 17.6 Å². The Bertz CT molecular complexity index is 840. The summed E-state index contributed by atoms with van der Waals surface area (Å²) in [5, 5.41) is 10.9. The Morgan fingerprint density at radius 3 is 2.67 bits per heavy atom. The fourth-order valence-electron chi connectivity index (χ4n) is 1.84. The molecule has 122 valence electrons. The van der Waals surface area contributed by atoms with E-state index in [1.165, 1.54) is 23.1 Å². The molecule has 0 saturated carbocycles. The second-order valence-electron chi connectivity index (χ2n) is 4.59. The summed E-state index contributed by atoms with van der Waals surface area (Å²) in [4.78, 5) is 11.8. The quantitative estimate of drug-likeness (QED) is 0.520. The Morgan fingerprint density at radius 2 is 2.00 bits per heavy atom. The van der Waals surface area contributed by atoms with Crippen LogP contribution in [0.2, 0.25) is 5.02 Å². The van der Waals surface area contributed by atoms with Crippen molar-refractivity contribution in [3.05, 3.63) is 59.6 Å². The van der Waals surface area contributed by atoms with Gasteiger partial charge in [-0.2, -0.15) is 0 Å². The molecule has 9 heteroatoms. The number of hydrogen-bond donors (Lipinski definition) is 0. The van der Waals surface area contributed by atoms with Crippen LogP contribution in [0, 0.1) is 5.82 Å². The Balaban J connectivity index is 1.56. The maximum absolute atomic E-state index is 12.9. The second-order valence-corrected chi connectivity index (χ2v) is 4.99. The largest absolute Gasteiger partial charge is 0.480 e. The van der Waals surface area contributed by atoms with Gasteiger partial charge < -0.3 is 9.47 Å². The lowest BCUT2D eigenvalue weighted by Gasteiger charge is -2.08. The highest BCUT2D eigenvalue weighted by Gasteiger charge is 2.09. The predicted octanol–water partition coefficient (Wildman–Crippen LogP) is 2.44. The topological polar surface area (TPSA) is 79.1 Å². The first kappa shape index (κ1) is 15.9. The number of nitrogens with zero attached hydrogens (tertiary/aromatic N) is 4. The highest BCUT2D eigenvalue weighted by atomic mass is 35.5. The fraction of sp³-hybridized carbons (Fsp3) is 0.0667. The van der Waals surface area contributed by atoms with Crippen LogP contribution >= 0.6 is 11.6 Å². The predicted molar refractivity (Wildman–Crippen MR) is 81.7 cm³/mol. The first-order valence-electron chi connectivity index (χ1n) is 6.74. The lowest BCUT2D eigenvalue weighted by atomic mass is 10.3. The third-order valence-corrected chi connectivity index (χ3v) is 3.22. The molecule has 1 aromatic heterocycles. The zero-order chi connectivity index (χ0) is 16.9. The van der Waals surface area contributed by atoms with Crippen molar-refractivity contribution in [2.45, 2.75) is 0 Å². The van der Waals surface area contributed by atoms with E-state index in [-0.39, 0.29) is 17.4 Å². The van der Waals surface area contributed by atoms with E-state index in [1.54, 1.807) is 24.3 Å². The standard InChI is InChI=1S/C15H10ClFN4O3/c16-13-7-10(17)1-6-14(13)23-8-15(22)24-12-4-2-11(3-5-12)21-9-18-19-20-21/h1-7,9H,8H2. The van der Waals surface area contributed by atoms with Gasteiger partial charge in [-0.05, 0) is 52.9 Å². The number of rotatable bonds is 5. The highest BCUT2D eigenvalue weighted by molar-refractivity contribution is 6.32. The number of tetrazole rings is 1. The minimum absolute atomic E-state index is 0.0774. The molecule has 0 aliphatic carbocycles. The Morgan fingerprint density at radius 1 is 1.21 bits per heavy atom. The van der Waals surface area contributed by atoms with Gasteiger partial charge in [-0.1, -0.05) is 11.6 Å². The monoisotopic (exact) mass is 348 g/mol. The van der Waals surface area contributed by atoms with Crippen molar-refractivity contribution in [2.75, 3.05) is 6.61 Å². The molecule has 0 N–H and O–H groups in total. The fourth-order valence-corrected chi connectivity index (χ4v) is 2.06. The number of halogens is 2. The third kappa shape index (κ3) is 3.85. The Kier molecular flexibility index (Phi) is 4.66. The number of esters is 1. The van der Waals surface area contributed by atoms with Crippen LogP contribution in [-0.2, 0) is 4.79 Å². The van der Waals surface area contributed by atoms with E-state index in [4.69, 9.17) is 21.1 Å². The summed E-state index contributed by atoms with van der Waals surface area (Å²) in [7, 11) is 0. The zero-order valence-corrected chi connectivity index (χ0v) is 12.9. The zero-order valence-electron chi connectivity index (χ0n) is 12.1. The molecule has 0 bridgehead atoms. The minimum Gasteiger partial charge on any atom is -0.480 e. The molecule has 0 unspecified atom stereocenters. The van der Waals surface area contributed by atoms with Crippen molar-refractivity contribution in [2.24, 2.45) is 0 Å². The van der Waals surface area contributed by atoms with Crippen LogP contribution in [0.3, 0.4) is 0 Å². The van der Waals surface area contributed by atoms with Gasteiger partial charge in [0.05, 0.1) is 10.7 Å². The number of benzene rings is 2. The SMILES string of the molecule is O=C(COc1ccc(F)cc1Cl)Oc1ccc(-n2cnnn2)cc1. The van der Waals surface area contributed by atoms with E-state index in [0.717, 1.165) is 6.07 Å². The first-order chi connectivity index (χ1) is 11.6. The number of hydrogen-bond acceptors (Lipinski definition) is 6. The molecule has 3 rings (SSSR count). The molecule has 1 heterocycles. The molecule has 2 aromatic carbocycles. The smallest absolute Gasteiger partial charge is 0.349 e. The van der Waals surface area contributed by atoms with Gasteiger partial charge in [-0.25, -0.2) is 13.9 Å². The van der Waals surface area contributed by atoms with Gasteiger partial charge in [-0.15, -0.1) is 5.10 Å². The minimum atomic E-state index is -0.620. The van der Waals surface area contributed by atoms with Gasteiger partial charge >= 0.3 is 5.97 Å². The van der Waals surface area contributed by atoms with E-state index >= 15 is 0 Å². The molecule has 0 atom stereocenters. The van der Waals surface area contributed by atoms with Gasteiger partial charge in [0.15, 0.2) is 6.61 Å². The van der Waals surface area contributed by atoms with E-state index < -0.39 is 11.8 Å². The molecule has 0 amide bonds. The van der Waals surface area contributed by atoms with Gasteiger partial charge in [-0.3, -0.25) is 0 Å². The third-order valence-electron chi connectivity index (χ3n) is 2.92. The Hall–Kier alpha value is -3.00. The average Bonchev–Trinajstić information content (AvgIpc) is 3.09. The molecular formula is C15H10ClFN4O3. The van der Waals surface area contributed by atoms with Crippen LogP contribution in [0.15, 0.2) is 48.8 Å². The maximum Gasteiger partial charge on any atom is 0.349 e. The maximum atomic E-state index is 12.9. The van der Waals surface area contributed by atoms with Crippen LogP contribution in [0.1, 0.15) is 0 Å². The van der Waals surface area contributed by atoms with Crippen molar-refractivity contribution in [3.63, 3.8) is 0 Å². The number of ether oxygens (including phenoxy) is 2. The number of carbonyl (C=O) groups is 1. The van der Waals surface area contributed by atoms with Gasteiger partial charge in [0.2, 0.25) is 0 Å². The molecule has 0 radical (unpaired) electrons. The molecule has 0 saturated heterocycles. The van der Waals surface area contributed by atoms with Crippen molar-refractivity contribution < 1.29 is 18.7 Å². The van der Waals surface area contributed by atoms with E-state index in [2.05, 4.69) is 15.5 Å². The summed E-state index contributed by atoms with van der Waals surface area (Å²) in [6.45, 7) is -0.361. The van der Waals surface area contributed by atoms with Crippen LogP contribution < -0.4 is 9.47 Å². The van der Waals surface area contributed by atoms with Gasteiger partial charge in [0.25, 0.3) is 0 Å². The van der Waals surface area contributed by atoms with Crippen LogP contribution in [-0.4, -0.2) is 32.8 Å². The summed E-state index contributed by atoms with van der Waals surface area (Å²) < 4.78 is 24.7. The molecule has 24 heavy (non-hydrogen) atoms. The van der Waals surface area contributed by atoms with Crippen LogP contribution in [0.5, 0.6) is 11.5 Å². The number of aromatic nitrogens is 4. The lowest BCUT2D eigenvalue weighted by molar-refractivity contribution is -0.136. The second kappa shape index (κ2) is 7.05. The van der Waals surface area contributed by atoms with Gasteiger partial charge in [0, 0.05) is 0 Å². The molecule has 0 fully saturated rings. The van der Waals surface area contributed by atoms with E-state index in [1.807, 2.05) is 0 Å². The molecule has 0 aliphatic rings. The summed E-state index contributed by atoms with van der Waals surface area (Å²) in [6.07, 6.45) is 1.45. The molecule has 3 aromatic rings. The highest BCUT2D eigenvalue weighted by Crippen LogP contribution is 2.24. The van der Waals surface area contributed by atoms with Crippen LogP contribution in [0.25, 0.3) is 5.69 Å². The van der Waals surface area contributed by atoms with Gasteiger partial charge in [0.1, 0.15) is 23.6 Å². The van der Waals surface area contributed by atoms with Crippen LogP contribution in [0.4, 0.5) is 4.39 Å². The molecule has 0 aliphatic heterocycles. The number of carbonyl (C=O) groups excluding carboxylic acids is 1.